The summed E-state index contributed by atoms with van der Waals surface area (Å²) in [6.07, 6.45) is 0. The molecule has 2 heterocycles. The van der Waals surface area contributed by atoms with Crippen LogP contribution < -0.4 is 0 Å². The summed E-state index contributed by atoms with van der Waals surface area (Å²) in [5.74, 6) is 0.668. The Balaban J connectivity index is 1.11. The van der Waals surface area contributed by atoms with E-state index in [1.54, 1.807) is 0 Å². The molecule has 3 nitrogen and oxygen atoms in total. The van der Waals surface area contributed by atoms with Gasteiger partial charge in [-0.1, -0.05) is 164 Å². The molecular weight excluding hydrogens is 669 g/mol. The second kappa shape index (κ2) is 12.6. The highest BCUT2D eigenvalue weighted by atomic mass is 16.3. The molecular formula is C52H32N2O. The van der Waals surface area contributed by atoms with Crippen LogP contribution in [0.1, 0.15) is 0 Å². The molecule has 0 aliphatic heterocycles. The van der Waals surface area contributed by atoms with Crippen molar-refractivity contribution in [3.8, 4) is 56.2 Å². The molecule has 0 spiro atoms. The number of hydrogen-bond donors (Lipinski definition) is 0. The Labute approximate surface area is 317 Å². The first-order valence-electron chi connectivity index (χ1n) is 18.7. The van der Waals surface area contributed by atoms with Gasteiger partial charge in [0.15, 0.2) is 5.82 Å². The molecule has 0 amide bonds. The predicted molar refractivity (Wildman–Crippen MR) is 229 cm³/mol. The topological polar surface area (TPSA) is 38.9 Å². The average molecular weight is 701 g/mol. The van der Waals surface area contributed by atoms with Crippen molar-refractivity contribution in [1.82, 2.24) is 9.97 Å². The van der Waals surface area contributed by atoms with E-state index in [-0.39, 0.29) is 0 Å². The third-order valence-electron chi connectivity index (χ3n) is 10.9. The lowest BCUT2D eigenvalue weighted by molar-refractivity contribution is 0.670. The van der Waals surface area contributed by atoms with E-state index in [2.05, 4.69) is 182 Å². The maximum atomic E-state index is 6.53. The van der Waals surface area contributed by atoms with Crippen LogP contribution in [0.15, 0.2) is 199 Å². The Hall–Kier alpha value is -7.36. The third kappa shape index (κ3) is 5.20. The van der Waals surface area contributed by atoms with Crippen LogP contribution in [0.5, 0.6) is 0 Å². The maximum Gasteiger partial charge on any atom is 0.161 e. The molecule has 256 valence electrons. The van der Waals surface area contributed by atoms with Gasteiger partial charge in [0.2, 0.25) is 0 Å². The van der Waals surface area contributed by atoms with Crippen molar-refractivity contribution in [2.75, 3.05) is 0 Å². The number of nitrogens with zero attached hydrogens (tertiary/aromatic N) is 2. The predicted octanol–water partition coefficient (Wildman–Crippen LogP) is 14.2. The number of hydrogen-bond acceptors (Lipinski definition) is 3. The molecule has 0 atom stereocenters. The number of rotatable bonds is 5. The molecule has 0 bridgehead atoms. The number of fused-ring (bicyclic) bond motifs is 7. The molecule has 0 unspecified atom stereocenters. The van der Waals surface area contributed by atoms with Crippen molar-refractivity contribution in [3.05, 3.63) is 194 Å². The van der Waals surface area contributed by atoms with E-state index >= 15 is 0 Å². The van der Waals surface area contributed by atoms with Gasteiger partial charge in [0.05, 0.1) is 11.4 Å². The zero-order valence-electron chi connectivity index (χ0n) is 29.8. The number of aromatic nitrogens is 2. The van der Waals surface area contributed by atoms with Crippen molar-refractivity contribution in [2.24, 2.45) is 0 Å². The van der Waals surface area contributed by atoms with Gasteiger partial charge in [-0.2, -0.15) is 0 Å². The summed E-state index contributed by atoms with van der Waals surface area (Å²) >= 11 is 0. The fraction of sp³-hybridized carbons (Fsp3) is 0. The van der Waals surface area contributed by atoms with Crippen LogP contribution in [0.25, 0.3) is 110 Å². The molecule has 0 radical (unpaired) electrons. The fourth-order valence-electron chi connectivity index (χ4n) is 8.28. The monoisotopic (exact) mass is 700 g/mol. The zero-order valence-corrected chi connectivity index (χ0v) is 29.8. The Bertz CT molecular complexity index is 3250. The number of para-hydroxylation sites is 2. The molecule has 11 rings (SSSR count). The van der Waals surface area contributed by atoms with E-state index in [1.807, 2.05) is 12.1 Å². The first-order chi connectivity index (χ1) is 27.3. The van der Waals surface area contributed by atoms with Crippen molar-refractivity contribution < 1.29 is 4.42 Å². The lowest BCUT2D eigenvalue weighted by atomic mass is 9.92. The van der Waals surface area contributed by atoms with Gasteiger partial charge in [0.25, 0.3) is 0 Å². The molecule has 11 aromatic rings. The van der Waals surface area contributed by atoms with Gasteiger partial charge in [-0.3, -0.25) is 0 Å². The fourth-order valence-corrected chi connectivity index (χ4v) is 8.28. The molecule has 3 heteroatoms. The Morgan fingerprint density at radius 2 is 0.873 bits per heavy atom. The van der Waals surface area contributed by atoms with Crippen LogP contribution in [0, 0.1) is 0 Å². The van der Waals surface area contributed by atoms with E-state index in [0.717, 1.165) is 66.4 Å². The molecule has 9 aromatic carbocycles. The highest BCUT2D eigenvalue weighted by Crippen LogP contribution is 2.40. The van der Waals surface area contributed by atoms with Gasteiger partial charge in [-0.05, 0) is 84.9 Å². The van der Waals surface area contributed by atoms with Crippen LogP contribution in [0.3, 0.4) is 0 Å². The van der Waals surface area contributed by atoms with Crippen molar-refractivity contribution in [2.45, 2.75) is 0 Å². The minimum Gasteiger partial charge on any atom is -0.455 e. The number of benzene rings is 9. The number of furan rings is 1. The second-order valence-corrected chi connectivity index (χ2v) is 14.1. The van der Waals surface area contributed by atoms with Crippen molar-refractivity contribution in [1.29, 1.82) is 0 Å². The Kier molecular flexibility index (Phi) is 7.17. The van der Waals surface area contributed by atoms with E-state index < -0.39 is 0 Å². The molecule has 0 aliphatic carbocycles. The van der Waals surface area contributed by atoms with E-state index in [1.165, 1.54) is 38.2 Å². The summed E-state index contributed by atoms with van der Waals surface area (Å²) in [5.41, 5.74) is 11.0. The van der Waals surface area contributed by atoms with E-state index in [0.29, 0.717) is 5.82 Å². The molecule has 0 aliphatic rings. The van der Waals surface area contributed by atoms with Crippen LogP contribution in [0.2, 0.25) is 0 Å². The molecule has 0 fully saturated rings. The van der Waals surface area contributed by atoms with Crippen LogP contribution in [0.4, 0.5) is 0 Å². The molecule has 0 saturated carbocycles. The Morgan fingerprint density at radius 3 is 1.67 bits per heavy atom. The lowest BCUT2D eigenvalue weighted by Crippen LogP contribution is -1.97. The molecule has 55 heavy (non-hydrogen) atoms. The maximum absolute atomic E-state index is 6.53. The first-order valence-corrected chi connectivity index (χ1v) is 18.7. The standard InChI is InChI=1S/C52H32N2O/c1-2-13-33(14-3-1)38-29-30-45(41-19-8-6-18-40(38)41)52-53-48(32-49(54-52)46-23-12-22-44-43-21-10-11-24-50(43)55-51(44)46)35-27-25-34(26-28-35)47-31-36-15-4-5-16-37(36)39-17-7-9-20-42(39)47/h1-32H. The van der Waals surface area contributed by atoms with Gasteiger partial charge < -0.3 is 4.42 Å². The summed E-state index contributed by atoms with van der Waals surface area (Å²) in [5, 5.41) is 9.42. The minimum absolute atomic E-state index is 0.668. The summed E-state index contributed by atoms with van der Waals surface area (Å²) in [6.45, 7) is 0. The summed E-state index contributed by atoms with van der Waals surface area (Å²) in [4.78, 5) is 10.7. The van der Waals surface area contributed by atoms with Gasteiger partial charge in [-0.15, -0.1) is 0 Å². The average Bonchev–Trinajstić information content (AvgIpc) is 3.65. The lowest BCUT2D eigenvalue weighted by Gasteiger charge is -2.14. The molecule has 2 aromatic heterocycles. The van der Waals surface area contributed by atoms with Crippen LogP contribution in [-0.4, -0.2) is 9.97 Å². The summed E-state index contributed by atoms with van der Waals surface area (Å²) < 4.78 is 6.53. The largest absolute Gasteiger partial charge is 0.455 e. The SMILES string of the molecule is c1ccc(-c2ccc(-c3nc(-c4ccc(-c5cc6ccccc6c6ccccc56)cc4)cc(-c4cccc5c4oc4ccccc45)n3)c3ccccc23)cc1. The van der Waals surface area contributed by atoms with E-state index in [4.69, 9.17) is 14.4 Å². The summed E-state index contributed by atoms with van der Waals surface area (Å²) in [7, 11) is 0. The van der Waals surface area contributed by atoms with Gasteiger partial charge >= 0.3 is 0 Å². The van der Waals surface area contributed by atoms with Gasteiger partial charge in [0.1, 0.15) is 11.2 Å². The summed E-state index contributed by atoms with van der Waals surface area (Å²) in [6, 6.07) is 68.6. The third-order valence-corrected chi connectivity index (χ3v) is 10.9. The molecule has 0 saturated heterocycles. The minimum atomic E-state index is 0.668. The highest BCUT2D eigenvalue weighted by molar-refractivity contribution is 6.14. The highest BCUT2D eigenvalue weighted by Gasteiger charge is 2.19. The smallest absolute Gasteiger partial charge is 0.161 e. The zero-order chi connectivity index (χ0) is 36.3. The molecule has 0 N–H and O–H groups in total. The Morgan fingerprint density at radius 1 is 0.309 bits per heavy atom. The normalized spacial score (nSPS) is 11.6. The van der Waals surface area contributed by atoms with Gasteiger partial charge in [-0.25, -0.2) is 9.97 Å². The second-order valence-electron chi connectivity index (χ2n) is 14.1. The van der Waals surface area contributed by atoms with Crippen molar-refractivity contribution >= 4 is 54.3 Å². The van der Waals surface area contributed by atoms with Crippen LogP contribution in [-0.2, 0) is 0 Å². The van der Waals surface area contributed by atoms with E-state index in [9.17, 15) is 0 Å². The van der Waals surface area contributed by atoms with Crippen molar-refractivity contribution in [3.63, 3.8) is 0 Å². The van der Waals surface area contributed by atoms with Crippen LogP contribution >= 0.6 is 0 Å². The van der Waals surface area contributed by atoms with Gasteiger partial charge in [0, 0.05) is 27.5 Å². The first kappa shape index (κ1) is 31.2. The quantitative estimate of drug-likeness (QED) is 0.168.